The number of hydrogen-bond donors (Lipinski definition) is 3. The lowest BCUT2D eigenvalue weighted by Gasteiger charge is -2.29. The molecule has 4 atom stereocenters. The maximum absolute atomic E-state index is 11.9. The van der Waals surface area contributed by atoms with Gasteiger partial charge in [0.05, 0.1) is 0 Å². The highest BCUT2D eigenvalue weighted by Gasteiger charge is 2.65. The molecule has 3 rings (SSSR count). The summed E-state index contributed by atoms with van der Waals surface area (Å²) in [5.74, 6) is -0.372. The van der Waals surface area contributed by atoms with Gasteiger partial charge in [0.1, 0.15) is 12.1 Å². The molecule has 0 radical (unpaired) electrons. The number of hydrogen-bond acceptors (Lipinski definition) is 5. The van der Waals surface area contributed by atoms with E-state index in [4.69, 9.17) is 4.74 Å². The number of carbonyl (C=O) groups excluding carboxylic acids is 1. The molecule has 3 heterocycles. The van der Waals surface area contributed by atoms with Crippen molar-refractivity contribution < 1.29 is 14.6 Å². The third-order valence-electron chi connectivity index (χ3n) is 4.08. The third kappa shape index (κ3) is 1.46. The molecular weight excluding hydrogens is 266 g/mol. The summed E-state index contributed by atoms with van der Waals surface area (Å²) in [6.45, 7) is 3.29. The van der Waals surface area contributed by atoms with Crippen molar-refractivity contribution in [2.45, 2.75) is 44.2 Å². The minimum absolute atomic E-state index is 0.296. The fourth-order valence-electron chi connectivity index (χ4n) is 2.87. The van der Waals surface area contributed by atoms with Crippen molar-refractivity contribution in [1.82, 2.24) is 14.9 Å². The zero-order valence-electron chi connectivity index (χ0n) is 11.0. The first kappa shape index (κ1) is 13.1. The Labute approximate surface area is 113 Å². The minimum atomic E-state index is -1.32. The van der Waals surface area contributed by atoms with Crippen LogP contribution in [0.4, 0.5) is 0 Å². The number of nitrogens with zero attached hydrogens (tertiary/aromatic N) is 1. The van der Waals surface area contributed by atoms with Crippen molar-refractivity contribution in [1.29, 1.82) is 0 Å². The molecule has 8 nitrogen and oxygen atoms in total. The zero-order valence-corrected chi connectivity index (χ0v) is 11.0. The van der Waals surface area contributed by atoms with Crippen LogP contribution in [-0.2, 0) is 9.53 Å². The van der Waals surface area contributed by atoms with Gasteiger partial charge in [0.15, 0.2) is 11.8 Å². The number of morpholine rings is 1. The normalized spacial score (nSPS) is 35.4. The molecule has 0 spiro atoms. The Hall–Kier alpha value is -1.93. The molecule has 20 heavy (non-hydrogen) atoms. The van der Waals surface area contributed by atoms with Gasteiger partial charge in [-0.15, -0.1) is 0 Å². The van der Waals surface area contributed by atoms with Crippen LogP contribution < -0.4 is 16.6 Å². The predicted octanol–water partition coefficient (Wildman–Crippen LogP) is -1.62. The Bertz CT molecular complexity index is 693. The SMILES string of the molecule is CC[C@@]12O[C@@H](n3cc(C)c(=O)[nH]c3=O)C(NC1=O)[C@H]2O. The summed E-state index contributed by atoms with van der Waals surface area (Å²) >= 11 is 0. The van der Waals surface area contributed by atoms with Gasteiger partial charge >= 0.3 is 5.69 Å². The lowest BCUT2D eigenvalue weighted by Crippen LogP contribution is -2.50. The summed E-state index contributed by atoms with van der Waals surface area (Å²) in [4.78, 5) is 37.3. The van der Waals surface area contributed by atoms with Crippen molar-refractivity contribution in [3.8, 4) is 0 Å². The van der Waals surface area contributed by atoms with E-state index in [0.29, 0.717) is 12.0 Å². The monoisotopic (exact) mass is 281 g/mol. The lowest BCUT2D eigenvalue weighted by atomic mass is 9.96. The number of rotatable bonds is 2. The fourth-order valence-corrected chi connectivity index (χ4v) is 2.87. The number of ether oxygens (including phenoxy) is 1. The number of aromatic nitrogens is 2. The highest BCUT2D eigenvalue weighted by atomic mass is 16.6. The Morgan fingerprint density at radius 3 is 2.75 bits per heavy atom. The first-order valence-corrected chi connectivity index (χ1v) is 6.39. The van der Waals surface area contributed by atoms with Crippen LogP contribution in [0.25, 0.3) is 0 Å². The van der Waals surface area contributed by atoms with Crippen molar-refractivity contribution >= 4 is 5.91 Å². The summed E-state index contributed by atoms with van der Waals surface area (Å²) in [5.41, 5.74) is -2.07. The van der Waals surface area contributed by atoms with Gasteiger partial charge in [0.25, 0.3) is 11.5 Å². The van der Waals surface area contributed by atoms with Gasteiger partial charge in [0, 0.05) is 11.8 Å². The number of aryl methyl sites for hydroxylation is 1. The van der Waals surface area contributed by atoms with Crippen LogP contribution in [0.3, 0.4) is 0 Å². The molecule has 0 aromatic carbocycles. The van der Waals surface area contributed by atoms with Crippen LogP contribution in [0.2, 0.25) is 0 Å². The maximum atomic E-state index is 11.9. The average Bonchev–Trinajstić information content (AvgIpc) is 2.81. The van der Waals surface area contributed by atoms with Crippen molar-refractivity contribution in [2.75, 3.05) is 0 Å². The van der Waals surface area contributed by atoms with Crippen molar-refractivity contribution in [2.24, 2.45) is 0 Å². The number of nitrogens with one attached hydrogen (secondary N) is 2. The highest BCUT2D eigenvalue weighted by Crippen LogP contribution is 2.43. The van der Waals surface area contributed by atoms with Gasteiger partial charge in [-0.25, -0.2) is 4.79 Å². The molecule has 0 aliphatic carbocycles. The second-order valence-electron chi connectivity index (χ2n) is 5.17. The number of fused-ring (bicyclic) bond motifs is 2. The minimum Gasteiger partial charge on any atom is -0.387 e. The van der Waals surface area contributed by atoms with E-state index in [2.05, 4.69) is 10.3 Å². The Kier molecular flexibility index (Phi) is 2.63. The second kappa shape index (κ2) is 4.03. The van der Waals surface area contributed by atoms with E-state index in [1.807, 2.05) is 0 Å². The Morgan fingerprint density at radius 2 is 2.15 bits per heavy atom. The van der Waals surface area contributed by atoms with Gasteiger partial charge in [-0.2, -0.15) is 0 Å². The Balaban J connectivity index is 2.07. The standard InChI is InChI=1S/C12H15N3O5/c1-3-12-7(16)6(13-10(12)18)9(20-12)15-4-5(2)8(17)14-11(15)19/h4,6-7,9,16H,3H2,1-2H3,(H,13,18)(H,14,17,19)/t6?,7-,9-,12+/m1/s1. The van der Waals surface area contributed by atoms with E-state index >= 15 is 0 Å². The molecule has 2 fully saturated rings. The number of carbonyl (C=O) groups is 1. The topological polar surface area (TPSA) is 113 Å². The van der Waals surface area contributed by atoms with E-state index in [0.717, 1.165) is 0 Å². The van der Waals surface area contributed by atoms with Gasteiger partial charge in [0.2, 0.25) is 0 Å². The summed E-state index contributed by atoms with van der Waals surface area (Å²) in [7, 11) is 0. The summed E-state index contributed by atoms with van der Waals surface area (Å²) < 4.78 is 6.86. The van der Waals surface area contributed by atoms with E-state index in [1.165, 1.54) is 10.8 Å². The van der Waals surface area contributed by atoms with Gasteiger partial charge < -0.3 is 15.2 Å². The molecule has 1 aromatic heterocycles. The molecule has 2 saturated heterocycles. The van der Waals surface area contributed by atoms with Crippen molar-refractivity contribution in [3.63, 3.8) is 0 Å². The van der Waals surface area contributed by atoms with Crippen LogP contribution in [0.5, 0.6) is 0 Å². The summed E-state index contributed by atoms with van der Waals surface area (Å²) in [5, 5.41) is 12.8. The molecule has 1 unspecified atom stereocenters. The molecule has 3 N–H and O–H groups in total. The van der Waals surface area contributed by atoms with Crippen molar-refractivity contribution in [3.05, 3.63) is 32.6 Å². The van der Waals surface area contributed by atoms with E-state index in [9.17, 15) is 19.5 Å². The molecule has 108 valence electrons. The number of aliphatic hydroxyl groups excluding tert-OH is 1. The Morgan fingerprint density at radius 1 is 1.45 bits per heavy atom. The first-order valence-electron chi connectivity index (χ1n) is 6.39. The molecule has 2 aliphatic rings. The van der Waals surface area contributed by atoms with Crippen LogP contribution in [0.1, 0.15) is 25.1 Å². The number of H-pyrrole nitrogens is 1. The zero-order chi connectivity index (χ0) is 14.7. The molecule has 0 saturated carbocycles. The highest BCUT2D eigenvalue weighted by molar-refractivity contribution is 5.90. The second-order valence-corrected chi connectivity index (χ2v) is 5.17. The van der Waals surface area contributed by atoms with E-state index < -0.39 is 35.2 Å². The number of aliphatic hydroxyl groups is 1. The first-order chi connectivity index (χ1) is 9.40. The number of amides is 1. The van der Waals surface area contributed by atoms with Crippen LogP contribution >= 0.6 is 0 Å². The van der Waals surface area contributed by atoms with E-state index in [1.54, 1.807) is 13.8 Å². The van der Waals surface area contributed by atoms with Gasteiger partial charge in [-0.1, -0.05) is 6.92 Å². The largest absolute Gasteiger partial charge is 0.387 e. The molecule has 1 aromatic rings. The molecule has 2 bridgehead atoms. The molecular formula is C12H15N3O5. The third-order valence-corrected chi connectivity index (χ3v) is 4.08. The van der Waals surface area contributed by atoms with Crippen LogP contribution in [0.15, 0.2) is 15.8 Å². The van der Waals surface area contributed by atoms with Gasteiger partial charge in [-0.05, 0) is 13.3 Å². The molecule has 1 amide bonds. The summed E-state index contributed by atoms with van der Waals surface area (Å²) in [6, 6.07) is -0.703. The van der Waals surface area contributed by atoms with Crippen LogP contribution in [0, 0.1) is 6.92 Å². The fraction of sp³-hybridized carbons (Fsp3) is 0.583. The predicted molar refractivity (Wildman–Crippen MR) is 67.1 cm³/mol. The lowest BCUT2D eigenvalue weighted by molar-refractivity contribution is -0.162. The molecule has 8 heteroatoms. The average molecular weight is 281 g/mol. The van der Waals surface area contributed by atoms with Crippen LogP contribution in [-0.4, -0.2) is 38.3 Å². The number of aromatic amines is 1. The van der Waals surface area contributed by atoms with E-state index in [-0.39, 0.29) is 5.91 Å². The quantitative estimate of drug-likeness (QED) is 0.603. The summed E-state index contributed by atoms with van der Waals surface area (Å²) in [6.07, 6.45) is -0.186. The van der Waals surface area contributed by atoms with Gasteiger partial charge in [-0.3, -0.25) is 19.1 Å². The molecule has 2 aliphatic heterocycles. The smallest absolute Gasteiger partial charge is 0.330 e. The maximum Gasteiger partial charge on any atom is 0.330 e.